The highest BCUT2D eigenvalue weighted by molar-refractivity contribution is 7.09. The van der Waals surface area contributed by atoms with Gasteiger partial charge < -0.3 is 9.47 Å². The van der Waals surface area contributed by atoms with E-state index in [0.717, 1.165) is 23.4 Å². The summed E-state index contributed by atoms with van der Waals surface area (Å²) in [5, 5.41) is 2.70. The Balaban J connectivity index is 1.60. The molecule has 6 nitrogen and oxygen atoms in total. The highest BCUT2D eigenvalue weighted by atomic mass is 32.1. The molecule has 1 fully saturated rings. The minimum Gasteiger partial charge on any atom is -0.466 e. The standard InChI is InChI=1S/C19H22N2O4S/c1-2-24-17(22)11-15-13-26-18(20-15)16-9-6-10-21(16)19(23)25-12-14-7-4-3-5-8-14/h3-5,7-8,13,16H,2,6,9-12H2,1H3/t16-/m0/s1. The molecule has 1 aromatic carbocycles. The van der Waals surface area contributed by atoms with E-state index >= 15 is 0 Å². The Morgan fingerprint density at radius 3 is 2.85 bits per heavy atom. The molecule has 1 amide bonds. The van der Waals surface area contributed by atoms with Gasteiger partial charge in [0.2, 0.25) is 0 Å². The van der Waals surface area contributed by atoms with Crippen LogP contribution in [-0.4, -0.2) is 35.1 Å². The van der Waals surface area contributed by atoms with Crippen LogP contribution in [0.3, 0.4) is 0 Å². The van der Waals surface area contributed by atoms with Gasteiger partial charge in [0, 0.05) is 11.9 Å². The number of esters is 1. The summed E-state index contributed by atoms with van der Waals surface area (Å²) in [6.07, 6.45) is 1.61. The molecule has 1 aromatic heterocycles. The van der Waals surface area contributed by atoms with Gasteiger partial charge >= 0.3 is 12.1 Å². The normalized spacial score (nSPS) is 16.5. The highest BCUT2D eigenvalue weighted by Gasteiger charge is 2.33. The second kappa shape index (κ2) is 8.80. The van der Waals surface area contributed by atoms with Crippen LogP contribution in [0, 0.1) is 0 Å². The third kappa shape index (κ3) is 4.60. The average molecular weight is 374 g/mol. The number of thiazole rings is 1. The van der Waals surface area contributed by atoms with Crippen LogP contribution in [0.5, 0.6) is 0 Å². The lowest BCUT2D eigenvalue weighted by molar-refractivity contribution is -0.142. The zero-order valence-electron chi connectivity index (χ0n) is 14.7. The quantitative estimate of drug-likeness (QED) is 0.721. The summed E-state index contributed by atoms with van der Waals surface area (Å²) in [4.78, 5) is 30.3. The molecule has 138 valence electrons. The first-order valence-corrected chi connectivity index (χ1v) is 9.62. The number of amides is 1. The molecule has 1 aliphatic heterocycles. The van der Waals surface area contributed by atoms with Gasteiger partial charge in [-0.25, -0.2) is 9.78 Å². The van der Waals surface area contributed by atoms with E-state index < -0.39 is 0 Å². The highest BCUT2D eigenvalue weighted by Crippen LogP contribution is 2.34. The number of hydrogen-bond donors (Lipinski definition) is 0. The van der Waals surface area contributed by atoms with Crippen LogP contribution >= 0.6 is 11.3 Å². The molecule has 7 heteroatoms. The van der Waals surface area contributed by atoms with E-state index in [2.05, 4.69) is 4.98 Å². The summed E-state index contributed by atoms with van der Waals surface area (Å²) in [5.41, 5.74) is 1.65. The molecule has 0 saturated carbocycles. The largest absolute Gasteiger partial charge is 0.466 e. The van der Waals surface area contributed by atoms with Gasteiger partial charge in [-0.3, -0.25) is 9.69 Å². The fraction of sp³-hybridized carbons (Fsp3) is 0.421. The summed E-state index contributed by atoms with van der Waals surface area (Å²) >= 11 is 1.47. The monoisotopic (exact) mass is 374 g/mol. The number of carbonyl (C=O) groups is 2. The lowest BCUT2D eigenvalue weighted by Crippen LogP contribution is -2.31. The molecule has 0 bridgehead atoms. The van der Waals surface area contributed by atoms with Crippen molar-refractivity contribution < 1.29 is 19.1 Å². The lowest BCUT2D eigenvalue weighted by Gasteiger charge is -2.22. The number of benzene rings is 1. The molecule has 0 radical (unpaired) electrons. The number of carbonyl (C=O) groups excluding carboxylic acids is 2. The summed E-state index contributed by atoms with van der Waals surface area (Å²) in [5.74, 6) is -0.283. The van der Waals surface area contributed by atoms with E-state index in [4.69, 9.17) is 9.47 Å². The van der Waals surface area contributed by atoms with Crippen molar-refractivity contribution in [2.24, 2.45) is 0 Å². The minimum absolute atomic E-state index is 0.0841. The Hall–Kier alpha value is -2.41. The second-order valence-electron chi connectivity index (χ2n) is 6.05. The Kier molecular flexibility index (Phi) is 6.22. The van der Waals surface area contributed by atoms with Crippen molar-refractivity contribution in [2.75, 3.05) is 13.2 Å². The molecule has 0 spiro atoms. The predicted octanol–water partition coefficient (Wildman–Crippen LogP) is 3.72. The van der Waals surface area contributed by atoms with Crippen molar-refractivity contribution in [1.29, 1.82) is 0 Å². The first-order chi connectivity index (χ1) is 12.7. The maximum atomic E-state index is 12.5. The van der Waals surface area contributed by atoms with Gasteiger partial charge in [-0.15, -0.1) is 11.3 Å². The molecule has 0 unspecified atom stereocenters. The molecular formula is C19H22N2O4S. The van der Waals surface area contributed by atoms with Crippen molar-refractivity contribution in [2.45, 2.75) is 38.8 Å². The van der Waals surface area contributed by atoms with Crippen LogP contribution in [0.4, 0.5) is 4.79 Å². The number of aromatic nitrogens is 1. The maximum Gasteiger partial charge on any atom is 0.410 e. The first kappa shape index (κ1) is 18.4. The van der Waals surface area contributed by atoms with Gasteiger partial charge in [-0.1, -0.05) is 30.3 Å². The number of hydrogen-bond acceptors (Lipinski definition) is 6. The van der Waals surface area contributed by atoms with Crippen LogP contribution in [0.2, 0.25) is 0 Å². The molecule has 0 aliphatic carbocycles. The summed E-state index contributed by atoms with van der Waals surface area (Å²) < 4.78 is 10.4. The van der Waals surface area contributed by atoms with Crippen LogP contribution in [-0.2, 0) is 27.3 Å². The second-order valence-corrected chi connectivity index (χ2v) is 6.94. The van der Waals surface area contributed by atoms with Crippen molar-refractivity contribution in [1.82, 2.24) is 9.88 Å². The van der Waals surface area contributed by atoms with E-state index in [1.807, 2.05) is 35.7 Å². The van der Waals surface area contributed by atoms with Crippen molar-refractivity contribution >= 4 is 23.4 Å². The fourth-order valence-electron chi connectivity index (χ4n) is 2.96. The van der Waals surface area contributed by atoms with Gasteiger partial charge in [-0.2, -0.15) is 0 Å². The van der Waals surface area contributed by atoms with Crippen LogP contribution < -0.4 is 0 Å². The Morgan fingerprint density at radius 1 is 1.27 bits per heavy atom. The fourth-order valence-corrected chi connectivity index (χ4v) is 3.93. The van der Waals surface area contributed by atoms with Crippen molar-refractivity contribution in [3.8, 4) is 0 Å². The topological polar surface area (TPSA) is 68.7 Å². The van der Waals surface area contributed by atoms with Crippen molar-refractivity contribution in [3.63, 3.8) is 0 Å². The zero-order valence-corrected chi connectivity index (χ0v) is 15.5. The number of nitrogens with zero attached hydrogens (tertiary/aromatic N) is 2. The summed E-state index contributed by atoms with van der Waals surface area (Å²) in [7, 11) is 0. The third-order valence-electron chi connectivity index (χ3n) is 4.18. The van der Waals surface area contributed by atoms with Gasteiger partial charge in [0.1, 0.15) is 11.6 Å². The Labute approximate surface area is 156 Å². The van der Waals surface area contributed by atoms with Gasteiger partial charge in [-0.05, 0) is 25.3 Å². The maximum absolute atomic E-state index is 12.5. The van der Waals surface area contributed by atoms with Crippen LogP contribution in [0.1, 0.15) is 42.1 Å². The van der Waals surface area contributed by atoms with Crippen LogP contribution in [0.25, 0.3) is 0 Å². The Morgan fingerprint density at radius 2 is 2.08 bits per heavy atom. The minimum atomic E-state index is -0.321. The Bertz CT molecular complexity index is 747. The van der Waals surface area contributed by atoms with E-state index in [9.17, 15) is 9.59 Å². The van der Waals surface area contributed by atoms with E-state index in [1.54, 1.807) is 11.8 Å². The van der Waals surface area contributed by atoms with Gasteiger partial charge in [0.25, 0.3) is 0 Å². The molecule has 1 aliphatic rings. The summed E-state index contributed by atoms with van der Waals surface area (Å²) in [6.45, 7) is 3.06. The molecule has 26 heavy (non-hydrogen) atoms. The van der Waals surface area contributed by atoms with E-state index in [-0.39, 0.29) is 31.1 Å². The third-order valence-corrected chi connectivity index (χ3v) is 5.17. The molecular weight excluding hydrogens is 352 g/mol. The van der Waals surface area contributed by atoms with Crippen LogP contribution in [0.15, 0.2) is 35.7 Å². The molecule has 0 N–H and O–H groups in total. The van der Waals surface area contributed by atoms with Crippen molar-refractivity contribution in [3.05, 3.63) is 52.0 Å². The van der Waals surface area contributed by atoms with E-state index in [0.29, 0.717) is 18.8 Å². The van der Waals surface area contributed by atoms with Gasteiger partial charge in [0.05, 0.1) is 24.8 Å². The molecule has 1 saturated heterocycles. The smallest absolute Gasteiger partial charge is 0.410 e. The number of rotatable bonds is 6. The number of ether oxygens (including phenoxy) is 2. The van der Waals surface area contributed by atoms with Gasteiger partial charge in [0.15, 0.2) is 0 Å². The number of likely N-dealkylation sites (tertiary alicyclic amines) is 1. The molecule has 2 heterocycles. The predicted molar refractivity (Wildman–Crippen MR) is 97.8 cm³/mol. The zero-order chi connectivity index (χ0) is 18.4. The molecule has 3 rings (SSSR count). The summed E-state index contributed by atoms with van der Waals surface area (Å²) in [6, 6.07) is 9.54. The lowest BCUT2D eigenvalue weighted by atomic mass is 10.2. The van der Waals surface area contributed by atoms with E-state index in [1.165, 1.54) is 11.3 Å². The first-order valence-electron chi connectivity index (χ1n) is 8.74. The molecule has 2 aromatic rings. The SMILES string of the molecule is CCOC(=O)Cc1csc([C@@H]2CCCN2C(=O)OCc2ccccc2)n1. The molecule has 1 atom stereocenters. The average Bonchev–Trinajstić information content (AvgIpc) is 3.30.